The molecule has 0 atom stereocenters. The van der Waals surface area contributed by atoms with E-state index in [4.69, 9.17) is 13.6 Å². The Morgan fingerprint density at radius 2 is 1.00 bits per heavy atom. The third-order valence-electron chi connectivity index (χ3n) is 5.01. The minimum absolute atomic E-state index is 0.225. The van der Waals surface area contributed by atoms with Crippen molar-refractivity contribution in [3.8, 4) is 17.2 Å². The van der Waals surface area contributed by atoms with Crippen molar-refractivity contribution in [1.29, 1.82) is 0 Å². The molecule has 6 heteroatoms. The predicted octanol–water partition coefficient (Wildman–Crippen LogP) is 7.05. The third-order valence-corrected chi connectivity index (χ3v) is 6.09. The van der Waals surface area contributed by atoms with E-state index in [2.05, 4.69) is 5.32 Å². The van der Waals surface area contributed by atoms with E-state index in [0.717, 1.165) is 43.1 Å². The van der Waals surface area contributed by atoms with Gasteiger partial charge in [0.25, 0.3) is 0 Å². The highest BCUT2D eigenvalue weighted by atomic mass is 31.2. The second-order valence-electron chi connectivity index (χ2n) is 8.10. The molecule has 1 heterocycles. The Morgan fingerprint density at radius 1 is 0.606 bits per heavy atom. The number of aryl methyl sites for hydroxylation is 3. The normalized spacial score (nSPS) is 13.3. The number of benzene rings is 3. The first-order valence-corrected chi connectivity index (χ1v) is 12.4. The van der Waals surface area contributed by atoms with Gasteiger partial charge in [0.15, 0.2) is 0 Å². The van der Waals surface area contributed by atoms with Gasteiger partial charge in [0.1, 0.15) is 17.2 Å². The van der Waals surface area contributed by atoms with Crippen molar-refractivity contribution >= 4 is 14.5 Å². The lowest BCUT2D eigenvalue weighted by molar-refractivity contribution is -0.120. The van der Waals surface area contributed by atoms with E-state index >= 15 is 0 Å². The second-order valence-corrected chi connectivity index (χ2v) is 9.09. The van der Waals surface area contributed by atoms with Gasteiger partial charge >= 0.3 is 8.60 Å². The predicted molar refractivity (Wildman–Crippen MR) is 134 cm³/mol. The van der Waals surface area contributed by atoms with Gasteiger partial charge in [0, 0.05) is 13.0 Å². The van der Waals surface area contributed by atoms with Gasteiger partial charge in [-0.2, -0.15) is 0 Å². The molecule has 0 aromatic heterocycles. The summed E-state index contributed by atoms with van der Waals surface area (Å²) >= 11 is 0. The van der Waals surface area contributed by atoms with Crippen LogP contribution in [-0.4, -0.2) is 12.5 Å². The van der Waals surface area contributed by atoms with Gasteiger partial charge in [-0.1, -0.05) is 59.5 Å². The Labute approximate surface area is 198 Å². The van der Waals surface area contributed by atoms with Gasteiger partial charge in [-0.15, -0.1) is 0 Å². The molecule has 0 aliphatic carbocycles. The highest BCUT2D eigenvalue weighted by Gasteiger charge is 2.19. The van der Waals surface area contributed by atoms with E-state index in [-0.39, 0.29) is 5.91 Å². The molecular weight excluding hydrogens is 433 g/mol. The molecule has 1 aliphatic rings. The van der Waals surface area contributed by atoms with Crippen LogP contribution in [0.1, 0.15) is 42.4 Å². The maximum atomic E-state index is 10.6. The molecule has 1 N–H and O–H groups in total. The van der Waals surface area contributed by atoms with Crippen LogP contribution in [0.5, 0.6) is 17.2 Å². The molecule has 0 unspecified atom stereocenters. The summed E-state index contributed by atoms with van der Waals surface area (Å²) in [5.74, 6) is 2.38. The molecule has 3 aromatic carbocycles. The molecule has 0 saturated carbocycles. The van der Waals surface area contributed by atoms with Crippen LogP contribution in [0.4, 0.5) is 0 Å². The van der Waals surface area contributed by atoms with Crippen molar-refractivity contribution in [2.75, 3.05) is 6.54 Å². The van der Waals surface area contributed by atoms with Crippen LogP contribution in [-0.2, 0) is 4.79 Å². The Balaban J connectivity index is 0.000000323. The number of rotatable bonds is 6. The highest BCUT2D eigenvalue weighted by Crippen LogP contribution is 2.42. The summed E-state index contributed by atoms with van der Waals surface area (Å²) in [4.78, 5) is 10.6. The van der Waals surface area contributed by atoms with Crippen LogP contribution in [0.25, 0.3) is 0 Å². The van der Waals surface area contributed by atoms with Crippen molar-refractivity contribution in [2.45, 2.75) is 46.5 Å². The molecule has 0 spiro atoms. The fourth-order valence-corrected chi connectivity index (χ4v) is 4.01. The molecular formula is C27H32NO4P. The van der Waals surface area contributed by atoms with Crippen molar-refractivity contribution in [2.24, 2.45) is 0 Å². The van der Waals surface area contributed by atoms with E-state index in [1.54, 1.807) is 0 Å². The fraction of sp³-hybridized carbons (Fsp3) is 0.296. The quantitative estimate of drug-likeness (QED) is 0.396. The first-order valence-electron chi connectivity index (χ1n) is 11.3. The summed E-state index contributed by atoms with van der Waals surface area (Å²) in [6.07, 6.45) is 4.18. The Bertz CT molecular complexity index is 865. The lowest BCUT2D eigenvalue weighted by Gasteiger charge is -2.18. The Kier molecular flexibility index (Phi) is 9.59. The summed E-state index contributed by atoms with van der Waals surface area (Å²) in [5, 5.41) is 2.81. The molecule has 3 aromatic rings. The van der Waals surface area contributed by atoms with Gasteiger partial charge in [-0.05, 0) is 70.0 Å². The van der Waals surface area contributed by atoms with Crippen LogP contribution >= 0.6 is 8.60 Å². The fourth-order valence-electron chi connectivity index (χ4n) is 3.02. The molecule has 4 rings (SSSR count). The average molecular weight is 466 g/mol. The number of carbonyl (C=O) groups excluding carboxylic acids is 1. The van der Waals surface area contributed by atoms with Gasteiger partial charge in [0.05, 0.1) is 0 Å². The largest absolute Gasteiger partial charge is 0.530 e. The molecule has 1 fully saturated rings. The maximum absolute atomic E-state index is 10.6. The molecule has 174 valence electrons. The van der Waals surface area contributed by atoms with Gasteiger partial charge in [-0.3, -0.25) is 4.79 Å². The average Bonchev–Trinajstić information content (AvgIpc) is 3.06. The lowest BCUT2D eigenvalue weighted by Crippen LogP contribution is -2.21. The van der Waals surface area contributed by atoms with E-state index < -0.39 is 8.60 Å². The zero-order valence-electron chi connectivity index (χ0n) is 19.5. The SMILES string of the molecule is Cc1ccc(OP(Oc2ccc(C)cc2)Oc2ccc(C)cc2)cc1.O=C1CCCCCN1. The second kappa shape index (κ2) is 12.9. The topological polar surface area (TPSA) is 56.8 Å². The number of carbonyl (C=O) groups is 1. The van der Waals surface area contributed by atoms with Crippen LogP contribution in [0, 0.1) is 20.8 Å². The smallest absolute Gasteiger partial charge is 0.409 e. The summed E-state index contributed by atoms with van der Waals surface area (Å²) in [5.41, 5.74) is 3.53. The first kappa shape index (κ1) is 24.6. The number of nitrogens with one attached hydrogen (secondary N) is 1. The van der Waals surface area contributed by atoms with Crippen LogP contribution in [0.3, 0.4) is 0 Å². The van der Waals surface area contributed by atoms with Crippen molar-refractivity contribution in [1.82, 2.24) is 5.32 Å². The monoisotopic (exact) mass is 465 g/mol. The minimum Gasteiger partial charge on any atom is -0.409 e. The van der Waals surface area contributed by atoms with E-state index in [0.29, 0.717) is 0 Å². The van der Waals surface area contributed by atoms with Crippen molar-refractivity contribution in [3.63, 3.8) is 0 Å². The van der Waals surface area contributed by atoms with Crippen molar-refractivity contribution in [3.05, 3.63) is 89.5 Å². The van der Waals surface area contributed by atoms with Crippen molar-refractivity contribution < 1.29 is 18.4 Å². The maximum Gasteiger partial charge on any atom is 0.530 e. The van der Waals surface area contributed by atoms with Gasteiger partial charge < -0.3 is 18.9 Å². The van der Waals surface area contributed by atoms with Crippen LogP contribution in [0.15, 0.2) is 72.8 Å². The van der Waals surface area contributed by atoms with Gasteiger partial charge in [0.2, 0.25) is 5.91 Å². The molecule has 33 heavy (non-hydrogen) atoms. The van der Waals surface area contributed by atoms with Crippen LogP contribution < -0.4 is 18.9 Å². The molecule has 1 aliphatic heterocycles. The zero-order chi connectivity index (χ0) is 23.5. The standard InChI is InChI=1S/C21H21O3P.C6H11NO/c1-16-4-10-19(11-5-16)22-25(23-20-12-6-17(2)7-13-20)24-21-14-8-18(3)9-15-21;8-6-4-2-1-3-5-7-6/h4-15H,1-3H3;1-5H2,(H,7,8). The first-order chi connectivity index (χ1) is 16.0. The Hall–Kier alpha value is -3.04. The molecule has 1 amide bonds. The van der Waals surface area contributed by atoms with Gasteiger partial charge in [-0.25, -0.2) is 0 Å². The Morgan fingerprint density at radius 3 is 1.39 bits per heavy atom. The zero-order valence-corrected chi connectivity index (χ0v) is 20.4. The van der Waals surface area contributed by atoms with E-state index in [1.165, 1.54) is 23.1 Å². The lowest BCUT2D eigenvalue weighted by atomic mass is 10.2. The molecule has 1 saturated heterocycles. The molecule has 5 nitrogen and oxygen atoms in total. The summed E-state index contributed by atoms with van der Waals surface area (Å²) in [6.45, 7) is 7.01. The van der Waals surface area contributed by atoms with Crippen LogP contribution in [0.2, 0.25) is 0 Å². The summed E-state index contributed by atoms with van der Waals surface area (Å²) < 4.78 is 17.9. The molecule has 0 radical (unpaired) electrons. The van der Waals surface area contributed by atoms with E-state index in [9.17, 15) is 4.79 Å². The highest BCUT2D eigenvalue weighted by molar-refractivity contribution is 7.43. The number of amides is 1. The number of hydrogen-bond acceptors (Lipinski definition) is 4. The summed E-state index contributed by atoms with van der Waals surface area (Å²) in [6, 6.07) is 23.5. The number of hydrogen-bond donors (Lipinski definition) is 1. The third kappa shape index (κ3) is 9.15. The van der Waals surface area contributed by atoms with E-state index in [1.807, 2.05) is 93.6 Å². The minimum atomic E-state index is -1.62. The molecule has 0 bridgehead atoms. The summed E-state index contributed by atoms with van der Waals surface area (Å²) in [7, 11) is -1.62.